The van der Waals surface area contributed by atoms with E-state index in [1.807, 2.05) is 0 Å². The van der Waals surface area contributed by atoms with Crippen molar-refractivity contribution in [1.82, 2.24) is 15.5 Å². The number of nitrogens with one attached hydrogen (secondary N) is 2. The van der Waals surface area contributed by atoms with Gasteiger partial charge in [0.1, 0.15) is 0 Å². The topological polar surface area (TPSA) is 92.0 Å². The first-order chi connectivity index (χ1) is 13.4. The summed E-state index contributed by atoms with van der Waals surface area (Å²) >= 11 is 0. The molecule has 1 fully saturated rings. The van der Waals surface area contributed by atoms with Crippen molar-refractivity contribution in [2.24, 2.45) is 11.7 Å². The van der Waals surface area contributed by atoms with Crippen LogP contribution in [0.15, 0.2) is 11.3 Å². The van der Waals surface area contributed by atoms with Crippen LogP contribution in [0.1, 0.15) is 53.9 Å². The van der Waals surface area contributed by atoms with Crippen LogP contribution in [0.25, 0.3) is 0 Å². The third-order valence-corrected chi connectivity index (χ3v) is 6.53. The van der Waals surface area contributed by atoms with E-state index in [2.05, 4.69) is 64.2 Å². The van der Waals surface area contributed by atoms with Crippen LogP contribution in [-0.4, -0.2) is 79.9 Å². The maximum Gasteiger partial charge on any atom is 0.177 e. The average molecular weight is 413 g/mol. The number of rotatable bonds is 8. The van der Waals surface area contributed by atoms with Crippen molar-refractivity contribution in [2.45, 2.75) is 89.4 Å². The molecule has 6 atom stereocenters. The second-order valence-corrected chi connectivity index (χ2v) is 10.2. The van der Waals surface area contributed by atoms with Crippen LogP contribution >= 0.6 is 0 Å². The lowest BCUT2D eigenvalue weighted by atomic mass is 9.74. The van der Waals surface area contributed by atoms with Crippen LogP contribution in [0.3, 0.4) is 0 Å². The quantitative estimate of drug-likeness (QED) is 0.448. The van der Waals surface area contributed by atoms with E-state index < -0.39 is 6.29 Å². The third-order valence-electron chi connectivity index (χ3n) is 6.53. The predicted octanol–water partition coefficient (Wildman–Crippen LogP) is 1.42. The number of nitrogens with zero attached hydrogens (tertiary/aromatic N) is 1. The molecule has 170 valence electrons. The van der Waals surface area contributed by atoms with Crippen LogP contribution in [0.4, 0.5) is 0 Å². The lowest BCUT2D eigenvalue weighted by Gasteiger charge is -2.54. The minimum atomic E-state index is -0.856. The van der Waals surface area contributed by atoms with Crippen LogP contribution in [0.5, 0.6) is 0 Å². The minimum Gasteiger partial charge on any atom is -0.386 e. The van der Waals surface area contributed by atoms with Crippen molar-refractivity contribution in [3.63, 3.8) is 0 Å². The molecular weight excluding hydrogens is 368 g/mol. The van der Waals surface area contributed by atoms with Gasteiger partial charge in [0.2, 0.25) is 0 Å². The van der Waals surface area contributed by atoms with Crippen molar-refractivity contribution in [3.8, 4) is 0 Å². The Morgan fingerprint density at radius 3 is 2.52 bits per heavy atom. The number of nitrogens with two attached hydrogens (primary N) is 1. The van der Waals surface area contributed by atoms with Gasteiger partial charge in [0, 0.05) is 42.5 Å². The molecule has 2 rings (SSSR count). The number of allylic oxidation sites excluding steroid dienone is 1. The van der Waals surface area contributed by atoms with Crippen molar-refractivity contribution < 1.29 is 14.6 Å². The molecule has 0 spiro atoms. The van der Waals surface area contributed by atoms with Gasteiger partial charge in [-0.1, -0.05) is 12.5 Å². The van der Waals surface area contributed by atoms with Crippen molar-refractivity contribution >= 4 is 0 Å². The van der Waals surface area contributed by atoms with Gasteiger partial charge in [-0.2, -0.15) is 0 Å². The van der Waals surface area contributed by atoms with Gasteiger partial charge in [-0.3, -0.25) is 0 Å². The van der Waals surface area contributed by atoms with Gasteiger partial charge in [-0.15, -0.1) is 0 Å². The Kier molecular flexibility index (Phi) is 8.15. The van der Waals surface area contributed by atoms with Gasteiger partial charge in [-0.05, 0) is 67.0 Å². The maximum atomic E-state index is 9.55. The SMILES string of the molecule is COC(O)CO[C@@H]1CC(C)=C(NC[C@]2(C)CC(N)C(N(C)C)C(C)(C)N2)[C@H](C)C1. The van der Waals surface area contributed by atoms with Crippen LogP contribution in [-0.2, 0) is 9.47 Å². The summed E-state index contributed by atoms with van der Waals surface area (Å²) in [7, 11) is 5.70. The number of hydrogen-bond donors (Lipinski definition) is 4. The van der Waals surface area contributed by atoms with Gasteiger partial charge in [0.25, 0.3) is 0 Å². The number of aliphatic hydroxyl groups excluding tert-OH is 1. The molecule has 0 bridgehead atoms. The van der Waals surface area contributed by atoms with E-state index in [0.29, 0.717) is 12.0 Å². The molecule has 1 saturated heterocycles. The van der Waals surface area contributed by atoms with E-state index in [4.69, 9.17) is 15.2 Å². The van der Waals surface area contributed by atoms with Gasteiger partial charge in [0.15, 0.2) is 6.29 Å². The van der Waals surface area contributed by atoms with Gasteiger partial charge < -0.3 is 35.8 Å². The van der Waals surface area contributed by atoms with Gasteiger partial charge >= 0.3 is 0 Å². The molecule has 1 aliphatic heterocycles. The molecule has 1 heterocycles. The Hall–Kier alpha value is -0.700. The number of likely N-dealkylation sites (N-methyl/N-ethyl adjacent to an activating group) is 1. The van der Waals surface area contributed by atoms with E-state index in [1.165, 1.54) is 18.4 Å². The summed E-state index contributed by atoms with van der Waals surface area (Å²) in [6, 6.07) is 0.419. The first-order valence-electron chi connectivity index (χ1n) is 10.9. The summed E-state index contributed by atoms with van der Waals surface area (Å²) in [6.45, 7) is 12.2. The van der Waals surface area contributed by atoms with E-state index in [1.54, 1.807) is 0 Å². The molecule has 0 radical (unpaired) electrons. The Bertz CT molecular complexity index is 580. The predicted molar refractivity (Wildman–Crippen MR) is 118 cm³/mol. The monoisotopic (exact) mass is 412 g/mol. The first kappa shape index (κ1) is 24.6. The molecule has 29 heavy (non-hydrogen) atoms. The molecular formula is C22H44N4O3. The van der Waals surface area contributed by atoms with E-state index >= 15 is 0 Å². The highest BCUT2D eigenvalue weighted by Gasteiger charge is 2.47. The maximum absolute atomic E-state index is 9.55. The number of hydrogen-bond acceptors (Lipinski definition) is 7. The molecule has 0 amide bonds. The van der Waals surface area contributed by atoms with Gasteiger partial charge in [-0.25, -0.2) is 0 Å². The summed E-state index contributed by atoms with van der Waals surface area (Å²) < 4.78 is 10.7. The molecule has 0 aromatic heterocycles. The summed E-state index contributed by atoms with van der Waals surface area (Å²) in [5.74, 6) is 0.386. The van der Waals surface area contributed by atoms with Gasteiger partial charge in [0.05, 0.1) is 12.7 Å². The summed E-state index contributed by atoms with van der Waals surface area (Å²) in [5.41, 5.74) is 9.12. The fourth-order valence-corrected chi connectivity index (χ4v) is 5.71. The zero-order valence-corrected chi connectivity index (χ0v) is 19.7. The molecule has 7 heteroatoms. The van der Waals surface area contributed by atoms with Crippen LogP contribution in [0.2, 0.25) is 0 Å². The van der Waals surface area contributed by atoms with Crippen LogP contribution < -0.4 is 16.4 Å². The highest BCUT2D eigenvalue weighted by Crippen LogP contribution is 2.33. The second kappa shape index (κ2) is 9.62. The molecule has 2 aliphatic rings. The number of ether oxygens (including phenoxy) is 2. The van der Waals surface area contributed by atoms with Crippen LogP contribution in [0, 0.1) is 5.92 Å². The lowest BCUT2D eigenvalue weighted by Crippen LogP contribution is -2.74. The number of methoxy groups -OCH3 is 1. The second-order valence-electron chi connectivity index (χ2n) is 10.2. The third kappa shape index (κ3) is 6.15. The number of aliphatic hydroxyl groups is 1. The zero-order chi connectivity index (χ0) is 22.0. The van der Waals surface area contributed by atoms with Crippen molar-refractivity contribution in [1.29, 1.82) is 0 Å². The highest BCUT2D eigenvalue weighted by atomic mass is 16.6. The highest BCUT2D eigenvalue weighted by molar-refractivity contribution is 5.19. The normalized spacial score (nSPS) is 36.4. The zero-order valence-electron chi connectivity index (χ0n) is 19.7. The molecule has 0 aromatic rings. The molecule has 3 unspecified atom stereocenters. The molecule has 1 aliphatic carbocycles. The Balaban J connectivity index is 1.99. The minimum absolute atomic E-state index is 0.0691. The Morgan fingerprint density at radius 2 is 2.00 bits per heavy atom. The fourth-order valence-electron chi connectivity index (χ4n) is 5.71. The molecule has 7 nitrogen and oxygen atoms in total. The summed E-state index contributed by atoms with van der Waals surface area (Å²) in [4.78, 5) is 2.24. The molecule has 5 N–H and O–H groups in total. The van der Waals surface area contributed by atoms with E-state index in [-0.39, 0.29) is 29.8 Å². The van der Waals surface area contributed by atoms with Crippen molar-refractivity contribution in [2.75, 3.05) is 34.4 Å². The van der Waals surface area contributed by atoms with E-state index in [0.717, 1.165) is 25.8 Å². The smallest absolute Gasteiger partial charge is 0.177 e. The van der Waals surface area contributed by atoms with Crippen molar-refractivity contribution in [3.05, 3.63) is 11.3 Å². The summed E-state index contributed by atoms with van der Waals surface area (Å²) in [5, 5.41) is 17.2. The molecule has 0 saturated carbocycles. The Labute approximate surface area is 177 Å². The number of piperidine rings is 1. The first-order valence-corrected chi connectivity index (χ1v) is 10.9. The standard InChI is InChI=1S/C22H44N4O3/c1-14-9-16(29-12-18(27)28-8)10-15(2)19(14)24-13-22(5)11-17(23)20(26(6)7)21(3,4)25-22/h14,16-18,20,24-25,27H,9-13,23H2,1-8H3/t14-,16+,17?,18?,20?,22+/m1/s1. The Morgan fingerprint density at radius 1 is 1.34 bits per heavy atom. The average Bonchev–Trinajstić information content (AvgIpc) is 2.56. The van der Waals surface area contributed by atoms with E-state index in [9.17, 15) is 5.11 Å². The lowest BCUT2D eigenvalue weighted by molar-refractivity contribution is -0.135. The molecule has 0 aromatic carbocycles. The summed E-state index contributed by atoms with van der Waals surface area (Å²) in [6.07, 6.45) is 2.00. The largest absolute Gasteiger partial charge is 0.386 e. The fraction of sp³-hybridized carbons (Fsp3) is 0.909.